The van der Waals surface area contributed by atoms with Crippen LogP contribution in [-0.2, 0) is 10.0 Å². The molecule has 0 aliphatic rings. The summed E-state index contributed by atoms with van der Waals surface area (Å²) in [7, 11) is -2.04. The van der Waals surface area contributed by atoms with Gasteiger partial charge in [-0.25, -0.2) is 13.1 Å². The first kappa shape index (κ1) is 14.0. The second-order valence-corrected chi connectivity index (χ2v) is 7.03. The lowest BCUT2D eigenvalue weighted by Gasteiger charge is -2.05. The highest BCUT2D eigenvalue weighted by Gasteiger charge is 2.23. The summed E-state index contributed by atoms with van der Waals surface area (Å²) in [6.45, 7) is 3.53. The standard InChI is InChI=1S/C13H15NO3S2/c1-9-12(19(15,16)14-3)10(2)18-13(9)17-11-7-5-4-6-8-11/h4-8,14H,1-3H3. The van der Waals surface area contributed by atoms with E-state index >= 15 is 0 Å². The summed E-state index contributed by atoms with van der Waals surface area (Å²) in [6.07, 6.45) is 0. The van der Waals surface area contributed by atoms with E-state index in [1.54, 1.807) is 13.8 Å². The van der Waals surface area contributed by atoms with Crippen molar-refractivity contribution in [2.75, 3.05) is 7.05 Å². The number of ether oxygens (including phenoxy) is 1. The van der Waals surface area contributed by atoms with Gasteiger partial charge in [0.15, 0.2) is 5.06 Å². The minimum absolute atomic E-state index is 0.311. The predicted molar refractivity (Wildman–Crippen MR) is 76.6 cm³/mol. The molecule has 1 aromatic carbocycles. The van der Waals surface area contributed by atoms with Gasteiger partial charge in [-0.1, -0.05) is 18.2 Å². The van der Waals surface area contributed by atoms with Crippen molar-refractivity contribution in [2.24, 2.45) is 0 Å². The van der Waals surface area contributed by atoms with Crippen molar-refractivity contribution < 1.29 is 13.2 Å². The van der Waals surface area contributed by atoms with Crippen molar-refractivity contribution in [3.8, 4) is 10.8 Å². The van der Waals surface area contributed by atoms with Gasteiger partial charge in [0.25, 0.3) is 0 Å². The lowest BCUT2D eigenvalue weighted by molar-refractivity contribution is 0.491. The van der Waals surface area contributed by atoms with Gasteiger partial charge in [-0.2, -0.15) is 0 Å². The average Bonchev–Trinajstić information content (AvgIpc) is 2.66. The summed E-state index contributed by atoms with van der Waals surface area (Å²) in [5.41, 5.74) is 0.640. The van der Waals surface area contributed by atoms with Gasteiger partial charge >= 0.3 is 0 Å². The van der Waals surface area contributed by atoms with Crippen LogP contribution in [0.15, 0.2) is 35.2 Å². The van der Waals surface area contributed by atoms with Crippen LogP contribution < -0.4 is 9.46 Å². The molecule has 0 aliphatic carbocycles. The Morgan fingerprint density at radius 2 is 1.79 bits per heavy atom. The highest BCUT2D eigenvalue weighted by molar-refractivity contribution is 7.89. The van der Waals surface area contributed by atoms with Gasteiger partial charge in [-0.3, -0.25) is 0 Å². The second-order valence-electron chi connectivity index (χ2n) is 4.02. The van der Waals surface area contributed by atoms with Crippen molar-refractivity contribution in [1.82, 2.24) is 4.72 Å². The molecule has 0 amide bonds. The summed E-state index contributed by atoms with van der Waals surface area (Å²) in [5, 5.41) is 0.609. The van der Waals surface area contributed by atoms with Crippen LogP contribution in [0.1, 0.15) is 10.4 Å². The maximum absolute atomic E-state index is 11.9. The highest BCUT2D eigenvalue weighted by atomic mass is 32.2. The molecule has 0 spiro atoms. The fourth-order valence-corrected chi connectivity index (χ4v) is 4.32. The van der Waals surface area contributed by atoms with E-state index in [-0.39, 0.29) is 0 Å². The summed E-state index contributed by atoms with van der Waals surface area (Å²) in [5.74, 6) is 0.695. The van der Waals surface area contributed by atoms with Crippen LogP contribution in [0.5, 0.6) is 10.8 Å². The minimum Gasteiger partial charge on any atom is -0.446 e. The first-order chi connectivity index (χ1) is 8.95. The number of para-hydroxylation sites is 1. The van der Waals surface area contributed by atoms with Crippen molar-refractivity contribution in [3.63, 3.8) is 0 Å². The zero-order valence-electron chi connectivity index (χ0n) is 10.9. The number of thiophene rings is 1. The van der Waals surface area contributed by atoms with Crippen molar-refractivity contribution in [3.05, 3.63) is 40.8 Å². The van der Waals surface area contributed by atoms with Crippen LogP contribution >= 0.6 is 11.3 Å². The van der Waals surface area contributed by atoms with Gasteiger partial charge in [0.05, 0.1) is 0 Å². The van der Waals surface area contributed by atoms with Gasteiger partial charge < -0.3 is 4.74 Å². The zero-order valence-corrected chi connectivity index (χ0v) is 12.6. The Kier molecular flexibility index (Phi) is 3.93. The summed E-state index contributed by atoms with van der Waals surface area (Å²) in [6, 6.07) is 9.31. The van der Waals surface area contributed by atoms with E-state index < -0.39 is 10.0 Å². The van der Waals surface area contributed by atoms with Crippen LogP contribution in [0, 0.1) is 13.8 Å². The fourth-order valence-electron chi connectivity index (χ4n) is 1.80. The Morgan fingerprint density at radius 1 is 1.16 bits per heavy atom. The van der Waals surface area contributed by atoms with E-state index in [0.717, 1.165) is 4.88 Å². The maximum atomic E-state index is 11.9. The Hall–Kier alpha value is -1.37. The third kappa shape index (κ3) is 2.80. The molecule has 1 N–H and O–H groups in total. The number of sulfonamides is 1. The third-order valence-electron chi connectivity index (χ3n) is 2.70. The Bertz CT molecular complexity index is 675. The SMILES string of the molecule is CNS(=O)(=O)c1c(C)sc(Oc2ccccc2)c1C. The lowest BCUT2D eigenvalue weighted by Crippen LogP contribution is -2.19. The molecule has 6 heteroatoms. The smallest absolute Gasteiger partial charge is 0.241 e. The lowest BCUT2D eigenvalue weighted by atomic mass is 10.3. The Morgan fingerprint density at radius 3 is 2.37 bits per heavy atom. The molecule has 2 aromatic rings. The van der Waals surface area contributed by atoms with Crippen LogP contribution in [0.3, 0.4) is 0 Å². The molecule has 0 fully saturated rings. The molecule has 0 unspecified atom stereocenters. The molecule has 0 atom stereocenters. The first-order valence-corrected chi connectivity index (χ1v) is 8.02. The Balaban J connectivity index is 2.43. The van der Waals surface area contributed by atoms with Gasteiger partial charge in [0.1, 0.15) is 10.6 Å². The molecule has 0 saturated carbocycles. The topological polar surface area (TPSA) is 55.4 Å². The predicted octanol–water partition coefficient (Wildman–Crippen LogP) is 3.07. The normalized spacial score (nSPS) is 11.5. The molecule has 1 heterocycles. The summed E-state index contributed by atoms with van der Waals surface area (Å²) < 4.78 is 32.0. The van der Waals surface area contributed by atoms with Crippen LogP contribution in [0.25, 0.3) is 0 Å². The zero-order chi connectivity index (χ0) is 14.0. The van der Waals surface area contributed by atoms with Gasteiger partial charge in [0.2, 0.25) is 10.0 Å². The largest absolute Gasteiger partial charge is 0.446 e. The number of aryl methyl sites for hydroxylation is 1. The van der Waals surface area contributed by atoms with Crippen molar-refractivity contribution in [1.29, 1.82) is 0 Å². The van der Waals surface area contributed by atoms with Gasteiger partial charge in [-0.15, -0.1) is 11.3 Å². The average molecular weight is 297 g/mol. The van der Waals surface area contributed by atoms with E-state index in [2.05, 4.69) is 4.72 Å². The number of hydrogen-bond donors (Lipinski definition) is 1. The Labute approximate surface area is 117 Å². The maximum Gasteiger partial charge on any atom is 0.241 e. The van der Waals surface area contributed by atoms with Gasteiger partial charge in [0, 0.05) is 10.4 Å². The van der Waals surface area contributed by atoms with Crippen LogP contribution in [0.4, 0.5) is 0 Å². The van der Waals surface area contributed by atoms with Crippen LogP contribution in [-0.4, -0.2) is 15.5 Å². The van der Waals surface area contributed by atoms with Crippen LogP contribution in [0.2, 0.25) is 0 Å². The van der Waals surface area contributed by atoms with Gasteiger partial charge in [-0.05, 0) is 33.0 Å². The van der Waals surface area contributed by atoms with E-state index in [0.29, 0.717) is 21.3 Å². The number of rotatable bonds is 4. The van der Waals surface area contributed by atoms with Crippen molar-refractivity contribution >= 4 is 21.4 Å². The fraction of sp³-hybridized carbons (Fsp3) is 0.231. The molecule has 19 heavy (non-hydrogen) atoms. The molecule has 4 nitrogen and oxygen atoms in total. The molecule has 0 bridgehead atoms. The van der Waals surface area contributed by atoms with E-state index in [9.17, 15) is 8.42 Å². The summed E-state index contributed by atoms with van der Waals surface area (Å²) in [4.78, 5) is 1.03. The molecular weight excluding hydrogens is 282 g/mol. The molecular formula is C13H15NO3S2. The molecule has 2 rings (SSSR count). The van der Waals surface area contributed by atoms with E-state index in [4.69, 9.17) is 4.74 Å². The van der Waals surface area contributed by atoms with E-state index in [1.807, 2.05) is 30.3 Å². The third-order valence-corrected chi connectivity index (χ3v) is 5.61. The molecule has 102 valence electrons. The number of benzene rings is 1. The molecule has 0 saturated heterocycles. The molecule has 1 aromatic heterocycles. The molecule has 0 radical (unpaired) electrons. The second kappa shape index (κ2) is 5.32. The highest BCUT2D eigenvalue weighted by Crippen LogP contribution is 2.39. The number of hydrogen-bond acceptors (Lipinski definition) is 4. The first-order valence-electron chi connectivity index (χ1n) is 5.72. The number of nitrogens with one attached hydrogen (secondary N) is 1. The molecule has 0 aliphatic heterocycles. The summed E-state index contributed by atoms with van der Waals surface area (Å²) >= 11 is 1.34. The monoisotopic (exact) mass is 297 g/mol. The quantitative estimate of drug-likeness (QED) is 0.943. The minimum atomic E-state index is -3.45. The van der Waals surface area contributed by atoms with Crippen molar-refractivity contribution in [2.45, 2.75) is 18.7 Å². The van der Waals surface area contributed by atoms with E-state index in [1.165, 1.54) is 18.4 Å².